The van der Waals surface area contributed by atoms with Gasteiger partial charge in [0.05, 0.1) is 5.66 Å². The maximum Gasteiger partial charge on any atom is 0.314 e. The van der Waals surface area contributed by atoms with Crippen LogP contribution in [-0.2, 0) is 9.53 Å². The Morgan fingerprint density at radius 3 is 2.60 bits per heavy atom. The number of carbonyl (C=O) groups is 1. The van der Waals surface area contributed by atoms with Gasteiger partial charge >= 0.3 is 5.97 Å². The highest BCUT2D eigenvalue weighted by Gasteiger charge is 2.41. The van der Waals surface area contributed by atoms with Crippen LogP contribution < -0.4 is 5.30 Å². The van der Waals surface area contributed by atoms with Crippen LogP contribution in [-0.4, -0.2) is 17.5 Å². The van der Waals surface area contributed by atoms with Crippen LogP contribution in [0.2, 0.25) is 0 Å². The normalized spacial score (nSPS) is 30.3. The molecule has 1 heterocycles. The van der Waals surface area contributed by atoms with Crippen molar-refractivity contribution >= 4 is 19.2 Å². The second kappa shape index (κ2) is 4.32. The molecule has 0 aromatic heterocycles. The molecule has 0 bridgehead atoms. The number of rotatable bonds is 2. The summed E-state index contributed by atoms with van der Waals surface area (Å²) in [6.07, 6.45) is 0.913. The summed E-state index contributed by atoms with van der Waals surface area (Å²) in [5.74, 6) is 0.0849. The van der Waals surface area contributed by atoms with E-state index in [2.05, 4.69) is 19.1 Å². The molecule has 1 aliphatic rings. The first-order valence-electron chi connectivity index (χ1n) is 5.28. The van der Waals surface area contributed by atoms with E-state index in [-0.39, 0.29) is 17.5 Å². The van der Waals surface area contributed by atoms with E-state index in [1.165, 1.54) is 5.30 Å². The fourth-order valence-electron chi connectivity index (χ4n) is 1.92. The SMILES string of the molecule is CC[C@H]1OC(=O)[C@H](C)[P@]1c1ccccc1. The molecule has 2 nitrogen and oxygen atoms in total. The lowest BCUT2D eigenvalue weighted by Crippen LogP contribution is -2.13. The fraction of sp³-hybridized carbons (Fsp3) is 0.417. The molecular formula is C12H15O2P. The van der Waals surface area contributed by atoms with Crippen LogP contribution in [0.3, 0.4) is 0 Å². The molecule has 3 heteroatoms. The maximum atomic E-state index is 11.5. The lowest BCUT2D eigenvalue weighted by molar-refractivity contribution is -0.142. The van der Waals surface area contributed by atoms with Crippen molar-refractivity contribution in [2.75, 3.05) is 0 Å². The minimum absolute atomic E-state index is 0.0307. The number of ether oxygens (including phenoxy) is 1. The zero-order valence-corrected chi connectivity index (χ0v) is 9.91. The number of hydrogen-bond donors (Lipinski definition) is 0. The van der Waals surface area contributed by atoms with Gasteiger partial charge in [-0.15, -0.1) is 0 Å². The molecule has 80 valence electrons. The Balaban J connectivity index is 2.30. The fourth-order valence-corrected chi connectivity index (χ4v) is 4.62. The molecule has 1 aliphatic heterocycles. The summed E-state index contributed by atoms with van der Waals surface area (Å²) in [5.41, 5.74) is 0.0485. The highest BCUT2D eigenvalue weighted by atomic mass is 31.1. The van der Waals surface area contributed by atoms with Crippen molar-refractivity contribution in [2.24, 2.45) is 0 Å². The van der Waals surface area contributed by atoms with E-state index < -0.39 is 7.92 Å². The summed E-state index contributed by atoms with van der Waals surface area (Å²) >= 11 is 0. The predicted molar refractivity (Wildman–Crippen MR) is 62.6 cm³/mol. The summed E-state index contributed by atoms with van der Waals surface area (Å²) in [5, 5.41) is 1.28. The second-order valence-corrected chi connectivity index (χ2v) is 6.40. The molecule has 0 amide bonds. The van der Waals surface area contributed by atoms with E-state index in [0.29, 0.717) is 0 Å². The van der Waals surface area contributed by atoms with Crippen molar-refractivity contribution in [3.05, 3.63) is 30.3 Å². The molecule has 15 heavy (non-hydrogen) atoms. The van der Waals surface area contributed by atoms with E-state index in [1.54, 1.807) is 0 Å². The van der Waals surface area contributed by atoms with Gasteiger partial charge in [0.1, 0.15) is 5.85 Å². The van der Waals surface area contributed by atoms with Gasteiger partial charge in [0, 0.05) is 0 Å². The van der Waals surface area contributed by atoms with Gasteiger partial charge in [-0.1, -0.05) is 37.3 Å². The minimum Gasteiger partial charge on any atom is -0.457 e. The van der Waals surface area contributed by atoms with Gasteiger partial charge in [0.15, 0.2) is 0 Å². The molecule has 2 rings (SSSR count). The van der Waals surface area contributed by atoms with Crippen molar-refractivity contribution in [3.63, 3.8) is 0 Å². The zero-order chi connectivity index (χ0) is 10.8. The van der Waals surface area contributed by atoms with E-state index in [4.69, 9.17) is 4.74 Å². The van der Waals surface area contributed by atoms with Crippen LogP contribution in [0, 0.1) is 0 Å². The van der Waals surface area contributed by atoms with Crippen molar-refractivity contribution in [1.82, 2.24) is 0 Å². The van der Waals surface area contributed by atoms with Gasteiger partial charge in [0.2, 0.25) is 0 Å². The first kappa shape index (κ1) is 10.6. The van der Waals surface area contributed by atoms with Crippen LogP contribution in [0.15, 0.2) is 30.3 Å². The van der Waals surface area contributed by atoms with Gasteiger partial charge in [-0.2, -0.15) is 0 Å². The minimum atomic E-state index is -0.476. The smallest absolute Gasteiger partial charge is 0.314 e. The molecule has 1 fully saturated rings. The van der Waals surface area contributed by atoms with E-state index in [9.17, 15) is 4.79 Å². The van der Waals surface area contributed by atoms with Crippen LogP contribution >= 0.6 is 7.92 Å². The molecule has 0 saturated carbocycles. The Bertz CT molecular complexity index is 350. The van der Waals surface area contributed by atoms with E-state index in [0.717, 1.165) is 6.42 Å². The number of cyclic esters (lactones) is 1. The Morgan fingerprint density at radius 1 is 1.33 bits per heavy atom. The zero-order valence-electron chi connectivity index (χ0n) is 9.01. The Hall–Kier alpha value is -0.880. The Morgan fingerprint density at radius 2 is 2.00 bits per heavy atom. The largest absolute Gasteiger partial charge is 0.457 e. The van der Waals surface area contributed by atoms with Crippen molar-refractivity contribution in [2.45, 2.75) is 31.8 Å². The quantitative estimate of drug-likeness (QED) is 0.567. The lowest BCUT2D eigenvalue weighted by atomic mass is 10.4. The van der Waals surface area contributed by atoms with Gasteiger partial charge in [-0.25, -0.2) is 0 Å². The van der Waals surface area contributed by atoms with Crippen LogP contribution in [0.1, 0.15) is 20.3 Å². The van der Waals surface area contributed by atoms with Crippen molar-refractivity contribution in [1.29, 1.82) is 0 Å². The van der Waals surface area contributed by atoms with E-state index in [1.807, 2.05) is 25.1 Å². The summed E-state index contributed by atoms with van der Waals surface area (Å²) in [6.45, 7) is 4.06. The molecule has 0 unspecified atom stereocenters. The van der Waals surface area contributed by atoms with Crippen molar-refractivity contribution in [3.8, 4) is 0 Å². The summed E-state index contributed by atoms with van der Waals surface area (Å²) in [7, 11) is -0.476. The van der Waals surface area contributed by atoms with Crippen LogP contribution in [0.25, 0.3) is 0 Å². The molecule has 3 atom stereocenters. The standard InChI is InChI=1S/C12H15O2P/c1-3-11-14-12(13)9(2)15(11)10-7-5-4-6-8-10/h4-9,11H,3H2,1-2H3/t9-,11-,15+/m0/s1. The number of carbonyl (C=O) groups excluding carboxylic acids is 1. The average Bonchev–Trinajstić information content (AvgIpc) is 2.56. The van der Waals surface area contributed by atoms with Crippen molar-refractivity contribution < 1.29 is 9.53 Å². The molecular weight excluding hydrogens is 207 g/mol. The number of benzene rings is 1. The summed E-state index contributed by atoms with van der Waals surface area (Å²) < 4.78 is 5.38. The van der Waals surface area contributed by atoms with Gasteiger partial charge < -0.3 is 4.74 Å². The molecule has 0 aliphatic carbocycles. The van der Waals surface area contributed by atoms with Gasteiger partial charge in [-0.05, 0) is 26.6 Å². The predicted octanol–water partition coefficient (Wildman–Crippen LogP) is 2.48. The number of esters is 1. The van der Waals surface area contributed by atoms with Crippen LogP contribution in [0.4, 0.5) is 0 Å². The highest BCUT2D eigenvalue weighted by molar-refractivity contribution is 7.68. The Labute approximate surface area is 91.4 Å². The van der Waals surface area contributed by atoms with Crippen LogP contribution in [0.5, 0.6) is 0 Å². The van der Waals surface area contributed by atoms with E-state index >= 15 is 0 Å². The average molecular weight is 222 g/mol. The number of hydrogen-bond acceptors (Lipinski definition) is 2. The Kier molecular flexibility index (Phi) is 3.06. The molecule has 1 aromatic carbocycles. The second-order valence-electron chi connectivity index (χ2n) is 3.72. The summed E-state index contributed by atoms with van der Waals surface area (Å²) in [4.78, 5) is 11.5. The first-order valence-corrected chi connectivity index (χ1v) is 6.76. The first-order chi connectivity index (χ1) is 7.24. The van der Waals surface area contributed by atoms with Gasteiger partial charge in [0.25, 0.3) is 0 Å². The molecule has 0 N–H and O–H groups in total. The van der Waals surface area contributed by atoms with Gasteiger partial charge in [-0.3, -0.25) is 4.79 Å². The molecule has 1 saturated heterocycles. The molecule has 1 aromatic rings. The third-order valence-corrected chi connectivity index (χ3v) is 5.76. The maximum absolute atomic E-state index is 11.5. The highest BCUT2D eigenvalue weighted by Crippen LogP contribution is 2.52. The third-order valence-electron chi connectivity index (χ3n) is 2.72. The topological polar surface area (TPSA) is 26.3 Å². The summed E-state index contributed by atoms with van der Waals surface area (Å²) in [6, 6.07) is 10.3. The molecule has 0 spiro atoms. The lowest BCUT2D eigenvalue weighted by Gasteiger charge is -2.18. The monoisotopic (exact) mass is 222 g/mol. The third kappa shape index (κ3) is 1.91. The molecule has 0 radical (unpaired) electrons.